The lowest BCUT2D eigenvalue weighted by Gasteiger charge is -1.97. The Hall–Kier alpha value is -0.310. The highest BCUT2D eigenvalue weighted by Crippen LogP contribution is 2.23. The van der Waals surface area contributed by atoms with E-state index in [2.05, 4.69) is 11.9 Å². The summed E-state index contributed by atoms with van der Waals surface area (Å²) in [5.74, 6) is 1.25. The molecule has 1 aliphatic rings. The third-order valence-corrected chi connectivity index (χ3v) is 2.97. The monoisotopic (exact) mass is 185 g/mol. The second kappa shape index (κ2) is 5.36. The van der Waals surface area contributed by atoms with Gasteiger partial charge in [-0.3, -0.25) is 9.79 Å². The van der Waals surface area contributed by atoms with Crippen molar-refractivity contribution >= 4 is 23.8 Å². The Bertz CT molecular complexity index is 179. The van der Waals surface area contributed by atoms with E-state index < -0.39 is 0 Å². The van der Waals surface area contributed by atoms with E-state index in [0.717, 1.165) is 12.2 Å². The van der Waals surface area contributed by atoms with Gasteiger partial charge in [0, 0.05) is 18.4 Å². The van der Waals surface area contributed by atoms with E-state index in [4.69, 9.17) is 0 Å². The topological polar surface area (TPSA) is 29.4 Å². The van der Waals surface area contributed by atoms with Crippen LogP contribution in [0, 0.1) is 0 Å². The van der Waals surface area contributed by atoms with E-state index >= 15 is 0 Å². The average molecular weight is 185 g/mol. The molecule has 1 fully saturated rings. The molecule has 0 saturated carbocycles. The SMILES string of the molecule is CCCCC=NC1SCCC1=O. The second-order valence-corrected chi connectivity index (χ2v) is 4.10. The largest absolute Gasteiger partial charge is 0.296 e. The van der Waals surface area contributed by atoms with Crippen molar-refractivity contribution in [2.45, 2.75) is 38.0 Å². The number of rotatable bonds is 4. The zero-order valence-electron chi connectivity index (χ0n) is 7.45. The van der Waals surface area contributed by atoms with Gasteiger partial charge in [0.25, 0.3) is 0 Å². The van der Waals surface area contributed by atoms with Crippen molar-refractivity contribution < 1.29 is 4.79 Å². The van der Waals surface area contributed by atoms with Crippen LogP contribution in [0.15, 0.2) is 4.99 Å². The molecule has 0 aromatic heterocycles. The first kappa shape index (κ1) is 9.78. The highest BCUT2D eigenvalue weighted by molar-refractivity contribution is 8.01. The van der Waals surface area contributed by atoms with Crippen LogP contribution in [0.25, 0.3) is 0 Å². The van der Waals surface area contributed by atoms with Crippen molar-refractivity contribution in [1.82, 2.24) is 0 Å². The minimum atomic E-state index is -0.0677. The lowest BCUT2D eigenvalue weighted by atomic mass is 10.3. The standard InChI is InChI=1S/C9H15NOS/c1-2-3-4-6-10-9-8(11)5-7-12-9/h6,9H,2-5,7H2,1H3. The summed E-state index contributed by atoms with van der Waals surface area (Å²) >= 11 is 1.66. The van der Waals surface area contributed by atoms with Gasteiger partial charge in [0.05, 0.1) is 0 Å². The van der Waals surface area contributed by atoms with E-state index in [1.165, 1.54) is 12.8 Å². The number of ketones is 1. The minimum absolute atomic E-state index is 0.0677. The maximum atomic E-state index is 11.1. The maximum absolute atomic E-state index is 11.1. The number of aliphatic imine (C=N–C) groups is 1. The minimum Gasteiger partial charge on any atom is -0.296 e. The van der Waals surface area contributed by atoms with Crippen molar-refractivity contribution in [3.05, 3.63) is 0 Å². The van der Waals surface area contributed by atoms with E-state index in [-0.39, 0.29) is 5.37 Å². The Kier molecular flexibility index (Phi) is 4.36. The zero-order valence-corrected chi connectivity index (χ0v) is 8.27. The molecule has 2 nitrogen and oxygen atoms in total. The molecule has 0 bridgehead atoms. The number of nitrogens with zero attached hydrogens (tertiary/aromatic N) is 1. The lowest BCUT2D eigenvalue weighted by molar-refractivity contribution is -0.117. The zero-order chi connectivity index (χ0) is 8.81. The Morgan fingerprint density at radius 2 is 2.58 bits per heavy atom. The first-order chi connectivity index (χ1) is 5.84. The summed E-state index contributed by atoms with van der Waals surface area (Å²) < 4.78 is 0. The van der Waals surface area contributed by atoms with Crippen LogP contribution < -0.4 is 0 Å². The van der Waals surface area contributed by atoms with Crippen LogP contribution in [0.5, 0.6) is 0 Å². The summed E-state index contributed by atoms with van der Waals surface area (Å²) in [7, 11) is 0. The number of unbranched alkanes of at least 4 members (excludes halogenated alkanes) is 2. The van der Waals surface area contributed by atoms with Gasteiger partial charge in [-0.2, -0.15) is 0 Å². The first-order valence-corrected chi connectivity index (χ1v) is 5.55. The molecule has 1 atom stereocenters. The highest BCUT2D eigenvalue weighted by Gasteiger charge is 2.23. The molecule has 1 rings (SSSR count). The van der Waals surface area contributed by atoms with Crippen LogP contribution in [0.3, 0.4) is 0 Å². The fourth-order valence-electron chi connectivity index (χ4n) is 1.08. The Morgan fingerprint density at radius 3 is 3.17 bits per heavy atom. The van der Waals surface area contributed by atoms with Crippen molar-refractivity contribution in [2.24, 2.45) is 4.99 Å². The lowest BCUT2D eigenvalue weighted by Crippen LogP contribution is -2.06. The van der Waals surface area contributed by atoms with Crippen molar-refractivity contribution in [3.8, 4) is 0 Å². The van der Waals surface area contributed by atoms with E-state index in [0.29, 0.717) is 12.2 Å². The van der Waals surface area contributed by atoms with Crippen molar-refractivity contribution in [2.75, 3.05) is 5.75 Å². The molecule has 68 valence electrons. The van der Waals surface area contributed by atoms with Crippen molar-refractivity contribution in [1.29, 1.82) is 0 Å². The fourth-order valence-corrected chi connectivity index (χ4v) is 2.10. The van der Waals surface area contributed by atoms with Crippen LogP contribution in [-0.4, -0.2) is 23.1 Å². The molecule has 0 aromatic rings. The van der Waals surface area contributed by atoms with Gasteiger partial charge < -0.3 is 0 Å². The van der Waals surface area contributed by atoms with Gasteiger partial charge >= 0.3 is 0 Å². The molecule has 1 heterocycles. The summed E-state index contributed by atoms with van der Waals surface area (Å²) in [6.07, 6.45) is 6.00. The average Bonchev–Trinajstić information content (AvgIpc) is 2.46. The Morgan fingerprint density at radius 1 is 1.75 bits per heavy atom. The molecule has 0 aliphatic carbocycles. The molecule has 0 spiro atoms. The number of carbonyl (C=O) groups is 1. The Balaban J connectivity index is 2.20. The quantitative estimate of drug-likeness (QED) is 0.496. The van der Waals surface area contributed by atoms with Gasteiger partial charge in [0.15, 0.2) is 11.2 Å². The molecule has 3 heteroatoms. The summed E-state index contributed by atoms with van der Waals surface area (Å²) in [5, 5.41) is -0.0677. The van der Waals surface area contributed by atoms with Gasteiger partial charge in [0.2, 0.25) is 0 Å². The van der Waals surface area contributed by atoms with Crippen LogP contribution in [0.1, 0.15) is 32.6 Å². The van der Waals surface area contributed by atoms with Gasteiger partial charge in [0.1, 0.15) is 0 Å². The summed E-state index contributed by atoms with van der Waals surface area (Å²) in [4.78, 5) is 15.3. The molecule has 12 heavy (non-hydrogen) atoms. The molecule has 1 unspecified atom stereocenters. The second-order valence-electron chi connectivity index (χ2n) is 2.91. The van der Waals surface area contributed by atoms with E-state index in [9.17, 15) is 4.79 Å². The maximum Gasteiger partial charge on any atom is 0.168 e. The fraction of sp³-hybridized carbons (Fsp3) is 0.778. The van der Waals surface area contributed by atoms with E-state index in [1.54, 1.807) is 11.8 Å². The van der Waals surface area contributed by atoms with Crippen LogP contribution in [0.4, 0.5) is 0 Å². The number of hydrogen-bond acceptors (Lipinski definition) is 3. The van der Waals surface area contributed by atoms with Gasteiger partial charge in [-0.1, -0.05) is 13.3 Å². The van der Waals surface area contributed by atoms with Crippen LogP contribution in [0.2, 0.25) is 0 Å². The smallest absolute Gasteiger partial charge is 0.168 e. The van der Waals surface area contributed by atoms with Crippen LogP contribution in [-0.2, 0) is 4.79 Å². The molecular weight excluding hydrogens is 170 g/mol. The number of thioether (sulfide) groups is 1. The number of Topliss-reactive ketones (excluding diaryl/α,β-unsaturated/α-hetero) is 1. The third-order valence-electron chi connectivity index (χ3n) is 1.83. The van der Waals surface area contributed by atoms with Crippen LogP contribution >= 0.6 is 11.8 Å². The predicted octanol–water partition coefficient (Wildman–Crippen LogP) is 2.28. The predicted molar refractivity (Wildman–Crippen MR) is 53.9 cm³/mol. The normalized spacial score (nSPS) is 24.1. The summed E-state index contributed by atoms with van der Waals surface area (Å²) in [5.41, 5.74) is 0. The molecule has 0 N–H and O–H groups in total. The Labute approximate surface area is 77.8 Å². The van der Waals surface area contributed by atoms with Gasteiger partial charge in [-0.25, -0.2) is 0 Å². The molecule has 1 aliphatic heterocycles. The number of carbonyl (C=O) groups excluding carboxylic acids is 1. The summed E-state index contributed by atoms with van der Waals surface area (Å²) in [6.45, 7) is 2.16. The summed E-state index contributed by atoms with van der Waals surface area (Å²) in [6, 6.07) is 0. The highest BCUT2D eigenvalue weighted by atomic mass is 32.2. The van der Waals surface area contributed by atoms with E-state index in [1.807, 2.05) is 6.21 Å². The van der Waals surface area contributed by atoms with Crippen molar-refractivity contribution in [3.63, 3.8) is 0 Å². The third kappa shape index (κ3) is 2.97. The molecule has 0 amide bonds. The molecule has 1 saturated heterocycles. The van der Waals surface area contributed by atoms with Gasteiger partial charge in [-0.15, -0.1) is 11.8 Å². The molecular formula is C9H15NOS. The first-order valence-electron chi connectivity index (χ1n) is 4.50. The van der Waals surface area contributed by atoms with Gasteiger partial charge in [-0.05, 0) is 12.8 Å². The molecule has 0 aromatic carbocycles. The number of hydrogen-bond donors (Lipinski definition) is 0. The molecule has 0 radical (unpaired) electrons.